The second kappa shape index (κ2) is 8.05. The van der Waals surface area contributed by atoms with Crippen LogP contribution >= 0.6 is 0 Å². The molecule has 1 amide bonds. The van der Waals surface area contributed by atoms with Gasteiger partial charge >= 0.3 is 6.18 Å². The van der Waals surface area contributed by atoms with Gasteiger partial charge in [0.15, 0.2) is 0 Å². The Morgan fingerprint density at radius 3 is 2.63 bits per heavy atom. The highest BCUT2D eigenvalue weighted by Gasteiger charge is 2.32. The number of methoxy groups -OCH3 is 1. The number of amides is 1. The number of carbonyl (C=O) groups excluding carboxylic acids is 1. The molecular formula is C23H23F3N2O2. The van der Waals surface area contributed by atoms with E-state index in [0.29, 0.717) is 24.4 Å². The Balaban J connectivity index is 1.79. The van der Waals surface area contributed by atoms with Crippen LogP contribution in [0.2, 0.25) is 0 Å². The molecule has 4 nitrogen and oxygen atoms in total. The molecule has 3 aromatic rings. The number of ether oxygens (including phenoxy) is 1. The maximum atomic E-state index is 13.3. The Kier molecular flexibility index (Phi) is 5.45. The van der Waals surface area contributed by atoms with Crippen LogP contribution in [0.25, 0.3) is 10.9 Å². The highest BCUT2D eigenvalue weighted by Crippen LogP contribution is 2.38. The summed E-state index contributed by atoms with van der Waals surface area (Å²) < 4.78 is 45.3. The maximum absolute atomic E-state index is 13.3. The van der Waals surface area contributed by atoms with Crippen molar-refractivity contribution in [2.45, 2.75) is 31.4 Å². The van der Waals surface area contributed by atoms with Crippen molar-refractivity contribution in [3.05, 3.63) is 65.4 Å². The molecule has 0 bridgehead atoms. The summed E-state index contributed by atoms with van der Waals surface area (Å²) in [5.74, 6) is 0.116. The summed E-state index contributed by atoms with van der Waals surface area (Å²) in [5.41, 5.74) is 1.39. The number of likely N-dealkylation sites (tertiary alicyclic amines) is 1. The summed E-state index contributed by atoms with van der Waals surface area (Å²) in [6.07, 6.45) is -0.616. The van der Waals surface area contributed by atoms with Crippen LogP contribution in [-0.4, -0.2) is 36.0 Å². The number of nitrogens with zero attached hydrogens (tertiary/aromatic N) is 1. The molecule has 1 fully saturated rings. The van der Waals surface area contributed by atoms with Gasteiger partial charge in [-0.25, -0.2) is 0 Å². The number of carbonyl (C=O) groups is 1. The highest BCUT2D eigenvalue weighted by atomic mass is 19.4. The Labute approximate surface area is 172 Å². The van der Waals surface area contributed by atoms with Gasteiger partial charge in [-0.2, -0.15) is 13.2 Å². The number of alkyl halides is 3. The van der Waals surface area contributed by atoms with Gasteiger partial charge in [0, 0.05) is 42.5 Å². The molecule has 1 saturated heterocycles. The van der Waals surface area contributed by atoms with Crippen LogP contribution in [-0.2, 0) is 11.0 Å². The van der Waals surface area contributed by atoms with Crippen LogP contribution in [0.4, 0.5) is 13.2 Å². The van der Waals surface area contributed by atoms with Crippen LogP contribution in [0.15, 0.2) is 48.7 Å². The van der Waals surface area contributed by atoms with E-state index in [-0.39, 0.29) is 12.3 Å². The van der Waals surface area contributed by atoms with Gasteiger partial charge in [-0.1, -0.05) is 18.2 Å². The molecule has 0 aliphatic carbocycles. The molecule has 1 aromatic heterocycles. The predicted octanol–water partition coefficient (Wildman–Crippen LogP) is 5.34. The standard InChI is InChI=1S/C23H23F3N2O2/c1-30-17-7-8-21-19(12-17)20(14-27-21)18(13-22(29)28-9-2-3-10-28)15-5-4-6-16(11-15)23(24,25)26/h4-8,11-12,14,18,27H,2-3,9-10,13H2,1H3. The minimum atomic E-state index is -4.44. The van der Waals surface area contributed by atoms with Crippen LogP contribution in [0.5, 0.6) is 5.75 Å². The monoisotopic (exact) mass is 416 g/mol. The highest BCUT2D eigenvalue weighted by molar-refractivity contribution is 5.87. The van der Waals surface area contributed by atoms with Gasteiger partial charge in [0.1, 0.15) is 5.75 Å². The molecule has 1 atom stereocenters. The lowest BCUT2D eigenvalue weighted by atomic mass is 9.87. The summed E-state index contributed by atoms with van der Waals surface area (Å²) in [4.78, 5) is 17.9. The van der Waals surface area contributed by atoms with Crippen LogP contribution in [0.1, 0.15) is 41.9 Å². The van der Waals surface area contributed by atoms with Gasteiger partial charge in [0.2, 0.25) is 5.91 Å². The summed E-state index contributed by atoms with van der Waals surface area (Å²) in [5, 5.41) is 0.839. The van der Waals surface area contributed by atoms with Crippen molar-refractivity contribution in [1.29, 1.82) is 0 Å². The molecule has 1 aliphatic rings. The second-order valence-corrected chi connectivity index (χ2v) is 7.62. The van der Waals surface area contributed by atoms with Crippen molar-refractivity contribution < 1.29 is 22.7 Å². The third kappa shape index (κ3) is 4.01. The lowest BCUT2D eigenvalue weighted by Crippen LogP contribution is -2.29. The Bertz CT molecular complexity index is 1050. The minimum absolute atomic E-state index is 0.0350. The molecule has 0 saturated carbocycles. The molecule has 2 aromatic carbocycles. The number of hydrogen-bond donors (Lipinski definition) is 1. The van der Waals surface area contributed by atoms with Crippen molar-refractivity contribution in [2.75, 3.05) is 20.2 Å². The zero-order valence-corrected chi connectivity index (χ0v) is 16.6. The van der Waals surface area contributed by atoms with Crippen molar-refractivity contribution in [2.24, 2.45) is 0 Å². The molecule has 158 valence electrons. The number of nitrogens with one attached hydrogen (secondary N) is 1. The predicted molar refractivity (Wildman–Crippen MR) is 109 cm³/mol. The molecule has 1 aliphatic heterocycles. The SMILES string of the molecule is COc1ccc2[nH]cc(C(CC(=O)N3CCCC3)c3cccc(C(F)(F)F)c3)c2c1. The smallest absolute Gasteiger partial charge is 0.416 e. The molecule has 2 heterocycles. The Morgan fingerprint density at radius 2 is 1.93 bits per heavy atom. The van der Waals surface area contributed by atoms with E-state index >= 15 is 0 Å². The second-order valence-electron chi connectivity index (χ2n) is 7.62. The average molecular weight is 416 g/mol. The quantitative estimate of drug-likeness (QED) is 0.610. The third-order valence-electron chi connectivity index (χ3n) is 5.75. The maximum Gasteiger partial charge on any atom is 0.416 e. The Hall–Kier alpha value is -2.96. The van der Waals surface area contributed by atoms with Crippen molar-refractivity contribution >= 4 is 16.8 Å². The molecule has 0 radical (unpaired) electrons. The number of rotatable bonds is 5. The van der Waals surface area contributed by atoms with E-state index in [1.807, 2.05) is 18.2 Å². The largest absolute Gasteiger partial charge is 0.497 e. The van der Waals surface area contributed by atoms with Gasteiger partial charge < -0.3 is 14.6 Å². The fraction of sp³-hybridized carbons (Fsp3) is 0.348. The summed E-state index contributed by atoms with van der Waals surface area (Å²) >= 11 is 0. The number of aromatic nitrogens is 1. The Morgan fingerprint density at radius 1 is 1.17 bits per heavy atom. The van der Waals surface area contributed by atoms with Crippen LogP contribution in [0.3, 0.4) is 0 Å². The lowest BCUT2D eigenvalue weighted by molar-refractivity contribution is -0.137. The summed E-state index contributed by atoms with van der Waals surface area (Å²) in [7, 11) is 1.56. The van der Waals surface area contributed by atoms with Gasteiger partial charge in [0.25, 0.3) is 0 Å². The van der Waals surface area contributed by atoms with E-state index < -0.39 is 17.7 Å². The van der Waals surface area contributed by atoms with Crippen LogP contribution in [0, 0.1) is 0 Å². The number of hydrogen-bond acceptors (Lipinski definition) is 2. The number of aromatic amines is 1. The molecule has 0 spiro atoms. The number of benzene rings is 2. The third-order valence-corrected chi connectivity index (χ3v) is 5.75. The first-order chi connectivity index (χ1) is 14.4. The van der Waals surface area contributed by atoms with E-state index in [2.05, 4.69) is 4.98 Å². The van der Waals surface area contributed by atoms with Crippen LogP contribution < -0.4 is 4.74 Å². The fourth-order valence-corrected chi connectivity index (χ4v) is 4.15. The number of halogens is 3. The average Bonchev–Trinajstić information content (AvgIpc) is 3.41. The van der Waals surface area contributed by atoms with E-state index in [0.717, 1.165) is 41.4 Å². The first-order valence-electron chi connectivity index (χ1n) is 9.97. The van der Waals surface area contributed by atoms with Gasteiger partial charge in [-0.15, -0.1) is 0 Å². The summed E-state index contributed by atoms with van der Waals surface area (Å²) in [6.45, 7) is 1.41. The van der Waals surface area contributed by atoms with Gasteiger partial charge in [-0.05, 0) is 48.2 Å². The molecule has 4 rings (SSSR count). The van der Waals surface area contributed by atoms with Gasteiger partial charge in [-0.3, -0.25) is 4.79 Å². The minimum Gasteiger partial charge on any atom is -0.497 e. The topological polar surface area (TPSA) is 45.3 Å². The first kappa shape index (κ1) is 20.3. The molecular weight excluding hydrogens is 393 g/mol. The number of fused-ring (bicyclic) bond motifs is 1. The van der Waals surface area contributed by atoms with E-state index in [1.54, 1.807) is 24.3 Å². The zero-order valence-electron chi connectivity index (χ0n) is 16.6. The van der Waals surface area contributed by atoms with Gasteiger partial charge in [0.05, 0.1) is 12.7 Å². The first-order valence-corrected chi connectivity index (χ1v) is 9.97. The van der Waals surface area contributed by atoms with Crippen molar-refractivity contribution in [3.8, 4) is 5.75 Å². The molecule has 7 heteroatoms. The zero-order chi connectivity index (χ0) is 21.3. The van der Waals surface area contributed by atoms with E-state index in [4.69, 9.17) is 4.74 Å². The lowest BCUT2D eigenvalue weighted by Gasteiger charge is -2.22. The van der Waals surface area contributed by atoms with E-state index in [1.165, 1.54) is 6.07 Å². The molecule has 30 heavy (non-hydrogen) atoms. The van der Waals surface area contributed by atoms with Crippen molar-refractivity contribution in [1.82, 2.24) is 9.88 Å². The molecule has 1 unspecified atom stereocenters. The van der Waals surface area contributed by atoms with E-state index in [9.17, 15) is 18.0 Å². The molecule has 1 N–H and O–H groups in total. The fourth-order valence-electron chi connectivity index (χ4n) is 4.15. The van der Waals surface area contributed by atoms with Crippen molar-refractivity contribution in [3.63, 3.8) is 0 Å². The normalized spacial score (nSPS) is 15.5. The number of H-pyrrole nitrogens is 1. The summed E-state index contributed by atoms with van der Waals surface area (Å²) in [6, 6.07) is 10.8.